The van der Waals surface area contributed by atoms with Gasteiger partial charge in [0.15, 0.2) is 0 Å². The van der Waals surface area contributed by atoms with Gasteiger partial charge >= 0.3 is 0 Å². The maximum Gasteiger partial charge on any atom is 0.133 e. The van der Waals surface area contributed by atoms with E-state index in [2.05, 4.69) is 15.3 Å². The molecule has 16 heavy (non-hydrogen) atoms. The average Bonchev–Trinajstić information content (AvgIpc) is 2.25. The predicted molar refractivity (Wildman–Crippen MR) is 63.6 cm³/mol. The van der Waals surface area contributed by atoms with Crippen LogP contribution in [0.15, 0.2) is 0 Å². The van der Waals surface area contributed by atoms with Crippen LogP contribution in [0.4, 0.5) is 5.82 Å². The first-order valence-electron chi connectivity index (χ1n) is 5.95. The highest BCUT2D eigenvalue weighted by molar-refractivity contribution is 5.47. The van der Waals surface area contributed by atoms with Gasteiger partial charge in [0.1, 0.15) is 11.6 Å². The van der Waals surface area contributed by atoms with Crippen molar-refractivity contribution in [2.75, 3.05) is 11.9 Å². The van der Waals surface area contributed by atoms with E-state index in [-0.39, 0.29) is 6.10 Å². The van der Waals surface area contributed by atoms with E-state index >= 15 is 0 Å². The molecular weight excluding hydrogens is 202 g/mol. The van der Waals surface area contributed by atoms with Crippen molar-refractivity contribution in [3.63, 3.8) is 0 Å². The van der Waals surface area contributed by atoms with Gasteiger partial charge in [-0.15, -0.1) is 0 Å². The molecule has 0 radical (unpaired) electrons. The lowest BCUT2D eigenvalue weighted by molar-refractivity contribution is 0.208. The van der Waals surface area contributed by atoms with Crippen LogP contribution in [0.25, 0.3) is 0 Å². The molecule has 0 aromatic carbocycles. The highest BCUT2D eigenvalue weighted by atomic mass is 16.3. The molecule has 1 aromatic heterocycles. The summed E-state index contributed by atoms with van der Waals surface area (Å²) in [6.07, 6.45) is 4.19. The first-order valence-corrected chi connectivity index (χ1v) is 5.95. The third-order valence-electron chi connectivity index (χ3n) is 2.86. The summed E-state index contributed by atoms with van der Waals surface area (Å²) < 4.78 is 0. The Bertz CT molecular complexity index is 377. The van der Waals surface area contributed by atoms with E-state index in [0.717, 1.165) is 24.5 Å². The van der Waals surface area contributed by atoms with E-state index in [4.69, 9.17) is 0 Å². The fraction of sp³-hybridized carbons (Fsp3) is 0.667. The average molecular weight is 221 g/mol. The van der Waals surface area contributed by atoms with Gasteiger partial charge in [-0.3, -0.25) is 0 Å². The molecule has 1 aromatic rings. The Morgan fingerprint density at radius 1 is 1.31 bits per heavy atom. The van der Waals surface area contributed by atoms with Crippen LogP contribution in [0.5, 0.6) is 0 Å². The van der Waals surface area contributed by atoms with Gasteiger partial charge in [0.05, 0.1) is 6.10 Å². The number of nitrogens with zero attached hydrogens (tertiary/aromatic N) is 2. The van der Waals surface area contributed by atoms with E-state index in [0.29, 0.717) is 6.54 Å². The summed E-state index contributed by atoms with van der Waals surface area (Å²) in [6.45, 7) is 4.23. The van der Waals surface area contributed by atoms with Gasteiger partial charge in [-0.25, -0.2) is 9.97 Å². The summed E-state index contributed by atoms with van der Waals surface area (Å²) in [7, 11) is 0. The molecule has 0 saturated heterocycles. The molecule has 4 nitrogen and oxygen atoms in total. The van der Waals surface area contributed by atoms with Crippen LogP contribution in [0.2, 0.25) is 0 Å². The third-order valence-corrected chi connectivity index (χ3v) is 2.86. The van der Waals surface area contributed by atoms with Crippen LogP contribution in [-0.2, 0) is 12.8 Å². The normalized spacial score (nSPS) is 16.7. The first kappa shape index (κ1) is 11.3. The fourth-order valence-electron chi connectivity index (χ4n) is 2.11. The number of anilines is 1. The molecule has 4 heteroatoms. The minimum absolute atomic E-state index is 0.352. The number of aryl methyl sites for hydroxylation is 2. The number of aromatic nitrogens is 2. The van der Waals surface area contributed by atoms with Crippen LogP contribution in [0.3, 0.4) is 0 Å². The van der Waals surface area contributed by atoms with Crippen LogP contribution in [-0.4, -0.2) is 27.7 Å². The molecule has 2 N–H and O–H groups in total. The second-order valence-corrected chi connectivity index (χ2v) is 4.48. The van der Waals surface area contributed by atoms with Crippen molar-refractivity contribution in [3.05, 3.63) is 17.1 Å². The van der Waals surface area contributed by atoms with Gasteiger partial charge in [-0.1, -0.05) is 0 Å². The van der Waals surface area contributed by atoms with Crippen molar-refractivity contribution >= 4 is 5.82 Å². The van der Waals surface area contributed by atoms with Crippen molar-refractivity contribution in [1.82, 2.24) is 9.97 Å². The Balaban J connectivity index is 2.25. The second kappa shape index (κ2) is 4.78. The molecule has 1 atom stereocenters. The molecule has 1 aliphatic carbocycles. The maximum atomic E-state index is 9.28. The summed E-state index contributed by atoms with van der Waals surface area (Å²) in [4.78, 5) is 8.91. The van der Waals surface area contributed by atoms with Crippen LogP contribution >= 0.6 is 0 Å². The maximum absolute atomic E-state index is 9.28. The third kappa shape index (κ3) is 2.50. The molecule has 0 aliphatic heterocycles. The molecule has 0 amide bonds. The highest BCUT2D eigenvalue weighted by Crippen LogP contribution is 2.25. The summed E-state index contributed by atoms with van der Waals surface area (Å²) in [5.74, 6) is 1.73. The van der Waals surface area contributed by atoms with Gasteiger partial charge in [-0.05, 0) is 39.5 Å². The number of aliphatic hydroxyl groups is 1. The van der Waals surface area contributed by atoms with E-state index in [9.17, 15) is 5.11 Å². The number of aliphatic hydroxyl groups excluding tert-OH is 1. The Morgan fingerprint density at radius 2 is 2.06 bits per heavy atom. The number of hydrogen-bond donors (Lipinski definition) is 2. The highest BCUT2D eigenvalue weighted by Gasteiger charge is 2.16. The number of rotatable bonds is 3. The van der Waals surface area contributed by atoms with Gasteiger partial charge in [0, 0.05) is 17.8 Å². The lowest BCUT2D eigenvalue weighted by Crippen LogP contribution is -2.19. The van der Waals surface area contributed by atoms with Crippen molar-refractivity contribution in [2.24, 2.45) is 0 Å². The molecule has 0 bridgehead atoms. The van der Waals surface area contributed by atoms with Crippen molar-refractivity contribution < 1.29 is 5.11 Å². The summed E-state index contributed by atoms with van der Waals surface area (Å²) in [5, 5.41) is 12.5. The number of nitrogens with one attached hydrogen (secondary N) is 1. The molecule has 0 fully saturated rings. The van der Waals surface area contributed by atoms with Crippen LogP contribution in [0.1, 0.15) is 36.8 Å². The Morgan fingerprint density at radius 3 is 2.81 bits per heavy atom. The fourth-order valence-corrected chi connectivity index (χ4v) is 2.11. The van der Waals surface area contributed by atoms with Crippen molar-refractivity contribution in [2.45, 2.75) is 45.6 Å². The number of hydrogen-bond acceptors (Lipinski definition) is 4. The molecule has 0 unspecified atom stereocenters. The Hall–Kier alpha value is -1.16. The van der Waals surface area contributed by atoms with Crippen LogP contribution in [0, 0.1) is 6.92 Å². The van der Waals surface area contributed by atoms with Gasteiger partial charge in [-0.2, -0.15) is 0 Å². The van der Waals surface area contributed by atoms with Crippen molar-refractivity contribution in [1.29, 1.82) is 0 Å². The van der Waals surface area contributed by atoms with Crippen LogP contribution < -0.4 is 5.32 Å². The van der Waals surface area contributed by atoms with E-state index in [1.165, 1.54) is 24.1 Å². The van der Waals surface area contributed by atoms with E-state index in [1.54, 1.807) is 6.92 Å². The zero-order chi connectivity index (χ0) is 11.5. The summed E-state index contributed by atoms with van der Waals surface area (Å²) >= 11 is 0. The Labute approximate surface area is 96.1 Å². The predicted octanol–water partition coefficient (Wildman–Crippen LogP) is 1.46. The zero-order valence-corrected chi connectivity index (χ0v) is 9.95. The standard InChI is InChI=1S/C12H19N3O/c1-8(16)7-13-12-10-5-3-4-6-11(10)14-9(2)15-12/h8,16H,3-7H2,1-2H3,(H,13,14,15)/t8-/m1/s1. The smallest absolute Gasteiger partial charge is 0.133 e. The summed E-state index contributed by atoms with van der Waals surface area (Å²) in [5.41, 5.74) is 2.43. The summed E-state index contributed by atoms with van der Waals surface area (Å²) in [6, 6.07) is 0. The molecule has 2 rings (SSSR count). The lowest BCUT2D eigenvalue weighted by atomic mass is 9.96. The molecular formula is C12H19N3O. The van der Waals surface area contributed by atoms with E-state index < -0.39 is 0 Å². The zero-order valence-electron chi connectivity index (χ0n) is 9.95. The molecule has 0 saturated carbocycles. The van der Waals surface area contributed by atoms with Gasteiger partial charge in [0.2, 0.25) is 0 Å². The number of fused-ring (bicyclic) bond motifs is 1. The molecule has 88 valence electrons. The topological polar surface area (TPSA) is 58.0 Å². The second-order valence-electron chi connectivity index (χ2n) is 4.48. The Kier molecular flexibility index (Phi) is 3.39. The first-order chi connectivity index (χ1) is 7.66. The molecule has 1 aliphatic rings. The van der Waals surface area contributed by atoms with Gasteiger partial charge in [0.25, 0.3) is 0 Å². The minimum atomic E-state index is -0.352. The van der Waals surface area contributed by atoms with E-state index in [1.807, 2.05) is 6.92 Å². The largest absolute Gasteiger partial charge is 0.392 e. The minimum Gasteiger partial charge on any atom is -0.392 e. The van der Waals surface area contributed by atoms with Gasteiger partial charge < -0.3 is 10.4 Å². The lowest BCUT2D eigenvalue weighted by Gasteiger charge is -2.19. The molecule has 1 heterocycles. The SMILES string of the molecule is Cc1nc2c(c(NC[C@@H](C)O)n1)CCCC2. The molecule has 0 spiro atoms. The monoisotopic (exact) mass is 221 g/mol. The quantitative estimate of drug-likeness (QED) is 0.811. The van der Waals surface area contributed by atoms with Crippen molar-refractivity contribution in [3.8, 4) is 0 Å².